The standard InChI is InChI=1S/C19H31N3O/c1-4-6-12-21(5-2)18-9-7-17(8-10-18)19(23)22-13-11-16(15-22)14-20-3/h7-10,16,20H,4-6,11-15H2,1-3H3. The van der Waals surface area contributed by atoms with E-state index in [0.717, 1.165) is 44.7 Å². The Morgan fingerprint density at radius 2 is 2.04 bits per heavy atom. The lowest BCUT2D eigenvalue weighted by Gasteiger charge is -2.23. The van der Waals surface area contributed by atoms with Crippen LogP contribution in [0.3, 0.4) is 0 Å². The third kappa shape index (κ3) is 4.71. The van der Waals surface area contributed by atoms with E-state index in [1.54, 1.807) is 0 Å². The minimum Gasteiger partial charge on any atom is -0.372 e. The van der Waals surface area contributed by atoms with Crippen molar-refractivity contribution >= 4 is 11.6 Å². The van der Waals surface area contributed by atoms with E-state index in [9.17, 15) is 4.79 Å². The van der Waals surface area contributed by atoms with Gasteiger partial charge in [-0.25, -0.2) is 0 Å². The fourth-order valence-corrected chi connectivity index (χ4v) is 3.29. The normalized spacial score (nSPS) is 17.5. The summed E-state index contributed by atoms with van der Waals surface area (Å²) in [5.41, 5.74) is 2.03. The van der Waals surface area contributed by atoms with E-state index in [-0.39, 0.29) is 5.91 Å². The third-order valence-corrected chi connectivity index (χ3v) is 4.71. The maximum absolute atomic E-state index is 12.6. The molecule has 128 valence electrons. The summed E-state index contributed by atoms with van der Waals surface area (Å²) in [4.78, 5) is 17.0. The summed E-state index contributed by atoms with van der Waals surface area (Å²) in [7, 11) is 1.97. The number of hydrogen-bond acceptors (Lipinski definition) is 3. The zero-order valence-electron chi connectivity index (χ0n) is 14.8. The third-order valence-electron chi connectivity index (χ3n) is 4.71. The van der Waals surface area contributed by atoms with Crippen molar-refractivity contribution in [2.75, 3.05) is 44.7 Å². The molecule has 1 N–H and O–H groups in total. The molecule has 0 aliphatic carbocycles. The molecular weight excluding hydrogens is 286 g/mol. The van der Waals surface area contributed by atoms with Gasteiger partial charge < -0.3 is 15.1 Å². The van der Waals surface area contributed by atoms with Crippen molar-refractivity contribution in [3.05, 3.63) is 29.8 Å². The Labute approximate surface area is 140 Å². The second-order valence-corrected chi connectivity index (χ2v) is 6.44. The van der Waals surface area contributed by atoms with Crippen molar-refractivity contribution in [3.63, 3.8) is 0 Å². The van der Waals surface area contributed by atoms with Gasteiger partial charge in [0.2, 0.25) is 0 Å². The van der Waals surface area contributed by atoms with Gasteiger partial charge in [0, 0.05) is 37.4 Å². The molecule has 4 heteroatoms. The molecule has 1 aliphatic heterocycles. The Kier molecular flexibility index (Phi) is 6.90. The topological polar surface area (TPSA) is 35.6 Å². The van der Waals surface area contributed by atoms with Crippen LogP contribution in [-0.2, 0) is 0 Å². The molecule has 1 heterocycles. The van der Waals surface area contributed by atoms with Gasteiger partial charge in [0.1, 0.15) is 0 Å². The molecular formula is C19H31N3O. The molecule has 1 unspecified atom stereocenters. The lowest BCUT2D eigenvalue weighted by Crippen LogP contribution is -2.30. The summed E-state index contributed by atoms with van der Waals surface area (Å²) in [5.74, 6) is 0.764. The molecule has 4 nitrogen and oxygen atoms in total. The van der Waals surface area contributed by atoms with E-state index in [2.05, 4.69) is 36.2 Å². The van der Waals surface area contributed by atoms with Crippen molar-refractivity contribution in [1.29, 1.82) is 0 Å². The van der Waals surface area contributed by atoms with Gasteiger partial charge in [0.25, 0.3) is 5.91 Å². The lowest BCUT2D eigenvalue weighted by atomic mass is 10.1. The molecule has 0 spiro atoms. The van der Waals surface area contributed by atoms with Crippen LogP contribution in [0.4, 0.5) is 5.69 Å². The number of unbranched alkanes of at least 4 members (excludes halogenated alkanes) is 1. The first-order chi connectivity index (χ1) is 11.2. The highest BCUT2D eigenvalue weighted by Gasteiger charge is 2.26. The molecule has 1 atom stereocenters. The molecule has 1 aromatic rings. The van der Waals surface area contributed by atoms with Crippen LogP contribution >= 0.6 is 0 Å². The SMILES string of the molecule is CCCCN(CC)c1ccc(C(=O)N2CCC(CNC)C2)cc1. The van der Waals surface area contributed by atoms with Gasteiger partial charge in [0.05, 0.1) is 0 Å². The monoisotopic (exact) mass is 317 g/mol. The van der Waals surface area contributed by atoms with Crippen LogP contribution in [0.15, 0.2) is 24.3 Å². The average Bonchev–Trinajstić information content (AvgIpc) is 3.04. The number of rotatable bonds is 8. The molecule has 0 radical (unpaired) electrons. The number of anilines is 1. The van der Waals surface area contributed by atoms with E-state index in [0.29, 0.717) is 5.92 Å². The summed E-state index contributed by atoms with van der Waals surface area (Å²) < 4.78 is 0. The summed E-state index contributed by atoms with van der Waals surface area (Å²) in [6.07, 6.45) is 3.51. The summed E-state index contributed by atoms with van der Waals surface area (Å²) >= 11 is 0. The fraction of sp³-hybridized carbons (Fsp3) is 0.632. The van der Waals surface area contributed by atoms with Crippen LogP contribution in [0.2, 0.25) is 0 Å². The van der Waals surface area contributed by atoms with Gasteiger partial charge in [-0.1, -0.05) is 13.3 Å². The maximum Gasteiger partial charge on any atom is 0.253 e. The Morgan fingerprint density at radius 1 is 1.30 bits per heavy atom. The molecule has 0 saturated carbocycles. The van der Waals surface area contributed by atoms with Gasteiger partial charge in [0.15, 0.2) is 0 Å². The van der Waals surface area contributed by atoms with E-state index in [4.69, 9.17) is 0 Å². The lowest BCUT2D eigenvalue weighted by molar-refractivity contribution is 0.0787. The average molecular weight is 317 g/mol. The van der Waals surface area contributed by atoms with E-state index < -0.39 is 0 Å². The first kappa shape index (κ1) is 17.8. The molecule has 2 rings (SSSR count). The summed E-state index contributed by atoms with van der Waals surface area (Å²) in [6.45, 7) is 9.23. The number of carbonyl (C=O) groups excluding carboxylic acids is 1. The molecule has 1 aromatic carbocycles. The molecule has 1 aliphatic rings. The van der Waals surface area contributed by atoms with Crippen LogP contribution in [0, 0.1) is 5.92 Å². The van der Waals surface area contributed by atoms with Crippen molar-refractivity contribution in [2.24, 2.45) is 5.92 Å². The first-order valence-electron chi connectivity index (χ1n) is 8.98. The number of nitrogens with one attached hydrogen (secondary N) is 1. The molecule has 0 bridgehead atoms. The zero-order valence-corrected chi connectivity index (χ0v) is 14.8. The van der Waals surface area contributed by atoms with Crippen LogP contribution in [0.5, 0.6) is 0 Å². The Balaban J connectivity index is 1.97. The molecule has 1 amide bonds. The van der Waals surface area contributed by atoms with E-state index in [1.807, 2.05) is 24.1 Å². The molecule has 0 aromatic heterocycles. The molecule has 1 saturated heterocycles. The Hall–Kier alpha value is -1.55. The van der Waals surface area contributed by atoms with Crippen LogP contribution in [0.25, 0.3) is 0 Å². The summed E-state index contributed by atoms with van der Waals surface area (Å²) in [6, 6.07) is 8.15. The second kappa shape index (κ2) is 8.92. The quantitative estimate of drug-likeness (QED) is 0.800. The van der Waals surface area contributed by atoms with Gasteiger partial charge in [-0.3, -0.25) is 4.79 Å². The zero-order chi connectivity index (χ0) is 16.7. The van der Waals surface area contributed by atoms with E-state index >= 15 is 0 Å². The maximum atomic E-state index is 12.6. The van der Waals surface area contributed by atoms with Gasteiger partial charge in [-0.2, -0.15) is 0 Å². The molecule has 1 fully saturated rings. The number of likely N-dealkylation sites (tertiary alicyclic amines) is 1. The van der Waals surface area contributed by atoms with Crippen LogP contribution < -0.4 is 10.2 Å². The van der Waals surface area contributed by atoms with E-state index in [1.165, 1.54) is 18.5 Å². The second-order valence-electron chi connectivity index (χ2n) is 6.44. The fourth-order valence-electron chi connectivity index (χ4n) is 3.29. The minimum atomic E-state index is 0.173. The first-order valence-corrected chi connectivity index (χ1v) is 8.98. The smallest absolute Gasteiger partial charge is 0.253 e. The van der Waals surface area contributed by atoms with Crippen molar-refractivity contribution in [2.45, 2.75) is 33.1 Å². The van der Waals surface area contributed by atoms with Crippen molar-refractivity contribution in [1.82, 2.24) is 10.2 Å². The van der Waals surface area contributed by atoms with Crippen molar-refractivity contribution < 1.29 is 4.79 Å². The Morgan fingerprint density at radius 3 is 2.65 bits per heavy atom. The molecule has 23 heavy (non-hydrogen) atoms. The highest BCUT2D eigenvalue weighted by molar-refractivity contribution is 5.94. The summed E-state index contributed by atoms with van der Waals surface area (Å²) in [5, 5.41) is 3.21. The number of benzene rings is 1. The van der Waals surface area contributed by atoms with Crippen molar-refractivity contribution in [3.8, 4) is 0 Å². The number of hydrogen-bond donors (Lipinski definition) is 1. The predicted molar refractivity (Wildman–Crippen MR) is 97.2 cm³/mol. The highest BCUT2D eigenvalue weighted by atomic mass is 16.2. The van der Waals surface area contributed by atoms with Crippen LogP contribution in [-0.4, -0.2) is 50.6 Å². The minimum absolute atomic E-state index is 0.173. The van der Waals surface area contributed by atoms with Gasteiger partial charge >= 0.3 is 0 Å². The highest BCUT2D eigenvalue weighted by Crippen LogP contribution is 2.20. The van der Waals surface area contributed by atoms with Crippen LogP contribution in [0.1, 0.15) is 43.5 Å². The Bertz CT molecular complexity index is 486. The number of amides is 1. The number of carbonyl (C=O) groups is 1. The van der Waals surface area contributed by atoms with Gasteiger partial charge in [-0.15, -0.1) is 0 Å². The largest absolute Gasteiger partial charge is 0.372 e. The predicted octanol–water partition coefficient (Wildman–Crippen LogP) is 2.99. The number of nitrogens with zero attached hydrogens (tertiary/aromatic N) is 2. The van der Waals surface area contributed by atoms with Gasteiger partial charge in [-0.05, 0) is 63.5 Å².